The summed E-state index contributed by atoms with van der Waals surface area (Å²) in [7, 11) is 0. The molecule has 2 heterocycles. The van der Waals surface area contributed by atoms with Gasteiger partial charge in [-0.2, -0.15) is 13.2 Å². The van der Waals surface area contributed by atoms with E-state index in [2.05, 4.69) is 65.0 Å². The number of alkyl halides is 3. The Balaban J connectivity index is 1.28. The number of halogens is 3. The number of aliphatic imine (C=N–C) groups is 1. The average Bonchev–Trinajstić information content (AvgIpc) is 3.00. The van der Waals surface area contributed by atoms with Gasteiger partial charge in [0.05, 0.1) is 30.5 Å². The van der Waals surface area contributed by atoms with Crippen LogP contribution in [0.3, 0.4) is 0 Å². The number of nitrogens with zero attached hydrogens (tertiary/aromatic N) is 2. The molecule has 230 valence electrons. The zero-order valence-electron chi connectivity index (χ0n) is 24.9. The summed E-state index contributed by atoms with van der Waals surface area (Å²) in [5.41, 5.74) is 3.60. The molecule has 0 radical (unpaired) electrons. The maximum absolute atomic E-state index is 13.1. The second-order valence-corrected chi connectivity index (χ2v) is 11.3. The van der Waals surface area contributed by atoms with Crippen LogP contribution in [0, 0.1) is 5.92 Å². The number of morpholine rings is 1. The molecule has 0 aromatic heterocycles. The van der Waals surface area contributed by atoms with Gasteiger partial charge in [0.25, 0.3) is 5.91 Å². The summed E-state index contributed by atoms with van der Waals surface area (Å²) in [6.45, 7) is 8.48. The molecule has 3 aromatic rings. The van der Waals surface area contributed by atoms with Gasteiger partial charge in [0.2, 0.25) is 0 Å². The predicted molar refractivity (Wildman–Crippen MR) is 167 cm³/mol. The number of carbonyl (C=O) groups excluding carboxylic acids is 1. The summed E-state index contributed by atoms with van der Waals surface area (Å²) in [5, 5.41) is 6.24. The van der Waals surface area contributed by atoms with E-state index in [1.54, 1.807) is 12.1 Å². The average molecular weight is 603 g/mol. The van der Waals surface area contributed by atoms with Crippen LogP contribution < -0.4 is 10.6 Å². The number of ether oxygens (including phenoxy) is 1. The Kier molecular flexibility index (Phi) is 9.97. The lowest BCUT2D eigenvalue weighted by Crippen LogP contribution is -2.35. The summed E-state index contributed by atoms with van der Waals surface area (Å²) < 4.78 is 44.8. The molecular weight excluding hydrogens is 565 g/mol. The van der Waals surface area contributed by atoms with Crippen LogP contribution in [0.4, 0.5) is 18.9 Å². The van der Waals surface area contributed by atoms with Crippen molar-refractivity contribution in [2.24, 2.45) is 10.9 Å². The quantitative estimate of drug-likeness (QED) is 0.283. The molecule has 0 bridgehead atoms. The number of nitrogens with one attached hydrogen (secondary N) is 2. The Morgan fingerprint density at radius 1 is 1.05 bits per heavy atom. The lowest BCUT2D eigenvalue weighted by Gasteiger charge is -2.26. The third-order valence-electron chi connectivity index (χ3n) is 7.69. The van der Waals surface area contributed by atoms with Gasteiger partial charge in [-0.15, -0.1) is 0 Å². The smallest absolute Gasteiger partial charge is 0.379 e. The van der Waals surface area contributed by atoms with Gasteiger partial charge < -0.3 is 15.4 Å². The zero-order chi connectivity index (χ0) is 31.1. The molecule has 44 heavy (non-hydrogen) atoms. The number of allylic oxidation sites excluding steroid dienone is 3. The standard InChI is InChI=1S/C35H37F3N4O2/c1-24-6-3-11-32(27-14-12-26(13-15-27)23-42-16-18-44-19-17-42)41-33(20-24)39-25(2)28-7-5-10-31(22-28)40-34(43)29-8-4-9-30(21-29)35(36,37)38/h3-5,7-15,20-22,24-25,39H,6,16-19,23H2,1-2H3,(H,40,43)/b11-3+,33-20-,41-32+/t24?,25-/m0/s1. The minimum atomic E-state index is -4.52. The fourth-order valence-electron chi connectivity index (χ4n) is 5.21. The van der Waals surface area contributed by atoms with Gasteiger partial charge in [0.1, 0.15) is 5.82 Å². The second kappa shape index (κ2) is 14.1. The van der Waals surface area contributed by atoms with Crippen LogP contribution in [0.1, 0.15) is 58.9 Å². The van der Waals surface area contributed by atoms with E-state index in [0.29, 0.717) is 5.69 Å². The van der Waals surface area contributed by atoms with Crippen molar-refractivity contribution in [3.05, 3.63) is 125 Å². The number of amides is 1. The van der Waals surface area contributed by atoms with Crippen molar-refractivity contribution in [2.75, 3.05) is 31.6 Å². The van der Waals surface area contributed by atoms with E-state index in [1.165, 1.54) is 17.7 Å². The van der Waals surface area contributed by atoms with Gasteiger partial charge in [0, 0.05) is 36.4 Å². The molecule has 2 atom stereocenters. The number of rotatable bonds is 8. The summed E-state index contributed by atoms with van der Waals surface area (Å²) in [6.07, 6.45) is 2.69. The summed E-state index contributed by atoms with van der Waals surface area (Å²) in [4.78, 5) is 20.1. The van der Waals surface area contributed by atoms with E-state index in [9.17, 15) is 18.0 Å². The van der Waals surface area contributed by atoms with Crippen LogP contribution in [-0.4, -0.2) is 42.8 Å². The highest BCUT2D eigenvalue weighted by Gasteiger charge is 2.31. The first-order chi connectivity index (χ1) is 21.1. The SMILES string of the molecule is CC1\C=C(N[C@@H](C)c2cccc(NC(=O)c3cccc(C(F)(F)F)c3)c2)/N=C(c2ccc(CN3CCOCC3)cc2)\C=C\C1. The van der Waals surface area contributed by atoms with Crippen molar-refractivity contribution in [3.63, 3.8) is 0 Å². The van der Waals surface area contributed by atoms with E-state index < -0.39 is 17.6 Å². The van der Waals surface area contributed by atoms with Gasteiger partial charge in [-0.1, -0.05) is 55.5 Å². The lowest BCUT2D eigenvalue weighted by atomic mass is 10.0. The number of hydrogen-bond donors (Lipinski definition) is 2. The van der Waals surface area contributed by atoms with Crippen molar-refractivity contribution in [2.45, 2.75) is 39.0 Å². The van der Waals surface area contributed by atoms with E-state index in [0.717, 1.165) is 74.1 Å². The van der Waals surface area contributed by atoms with E-state index in [4.69, 9.17) is 9.73 Å². The van der Waals surface area contributed by atoms with Crippen molar-refractivity contribution in [1.29, 1.82) is 0 Å². The highest BCUT2D eigenvalue weighted by atomic mass is 19.4. The first-order valence-corrected chi connectivity index (χ1v) is 14.9. The van der Waals surface area contributed by atoms with Crippen molar-refractivity contribution >= 4 is 17.3 Å². The van der Waals surface area contributed by atoms with Crippen molar-refractivity contribution in [1.82, 2.24) is 10.2 Å². The molecule has 1 saturated heterocycles. The summed E-state index contributed by atoms with van der Waals surface area (Å²) >= 11 is 0. The molecule has 1 amide bonds. The number of benzene rings is 3. The van der Waals surface area contributed by atoms with E-state index >= 15 is 0 Å². The molecule has 3 aromatic carbocycles. The minimum absolute atomic E-state index is 0.0610. The topological polar surface area (TPSA) is 66.0 Å². The molecule has 1 fully saturated rings. The maximum atomic E-state index is 13.1. The molecule has 6 nitrogen and oxygen atoms in total. The molecule has 0 aliphatic carbocycles. The third-order valence-corrected chi connectivity index (χ3v) is 7.69. The maximum Gasteiger partial charge on any atom is 0.416 e. The Bertz CT molecular complexity index is 1540. The molecule has 0 saturated carbocycles. The number of anilines is 1. The largest absolute Gasteiger partial charge is 0.416 e. The normalized spacial score (nSPS) is 21.5. The monoisotopic (exact) mass is 602 g/mol. The fraction of sp³-hybridized carbons (Fsp3) is 0.314. The number of hydrogen-bond acceptors (Lipinski definition) is 5. The Morgan fingerprint density at radius 2 is 1.80 bits per heavy atom. The second-order valence-electron chi connectivity index (χ2n) is 11.3. The first kappa shape index (κ1) is 31.2. The van der Waals surface area contributed by atoms with Crippen LogP contribution in [-0.2, 0) is 17.5 Å². The lowest BCUT2D eigenvalue weighted by molar-refractivity contribution is -0.137. The van der Waals surface area contributed by atoms with E-state index in [-0.39, 0.29) is 17.5 Å². The molecule has 1 unspecified atom stereocenters. The Morgan fingerprint density at radius 3 is 2.55 bits per heavy atom. The van der Waals surface area contributed by atoms with Crippen LogP contribution in [0.2, 0.25) is 0 Å². The molecule has 9 heteroatoms. The third kappa shape index (κ3) is 8.45. The first-order valence-electron chi connectivity index (χ1n) is 14.9. The molecule has 5 rings (SSSR count). The highest BCUT2D eigenvalue weighted by molar-refractivity contribution is 6.09. The van der Waals surface area contributed by atoms with Gasteiger partial charge in [-0.05, 0) is 72.9 Å². The summed E-state index contributed by atoms with van der Waals surface area (Å²) in [6, 6.07) is 20.0. The van der Waals surface area contributed by atoms with Gasteiger partial charge in [0.15, 0.2) is 0 Å². The highest BCUT2D eigenvalue weighted by Crippen LogP contribution is 2.30. The molecular formula is C35H37F3N4O2. The number of carbonyl (C=O) groups is 1. The van der Waals surface area contributed by atoms with Crippen molar-refractivity contribution < 1.29 is 22.7 Å². The minimum Gasteiger partial charge on any atom is -0.379 e. The van der Waals surface area contributed by atoms with E-state index in [1.807, 2.05) is 19.1 Å². The molecule has 2 aliphatic heterocycles. The van der Waals surface area contributed by atoms with Crippen LogP contribution >= 0.6 is 0 Å². The van der Waals surface area contributed by atoms with Gasteiger partial charge in [-0.3, -0.25) is 9.69 Å². The molecule has 2 N–H and O–H groups in total. The van der Waals surface area contributed by atoms with Gasteiger partial charge >= 0.3 is 6.18 Å². The van der Waals surface area contributed by atoms with Crippen molar-refractivity contribution in [3.8, 4) is 0 Å². The Labute approximate surface area is 256 Å². The molecule has 0 spiro atoms. The van der Waals surface area contributed by atoms with Crippen LogP contribution in [0.25, 0.3) is 0 Å². The zero-order valence-corrected chi connectivity index (χ0v) is 24.9. The van der Waals surface area contributed by atoms with Gasteiger partial charge in [-0.25, -0.2) is 4.99 Å². The van der Waals surface area contributed by atoms with Crippen LogP contribution in [0.15, 0.2) is 102 Å². The summed E-state index contributed by atoms with van der Waals surface area (Å²) in [5.74, 6) is 0.419. The van der Waals surface area contributed by atoms with Crippen LogP contribution in [0.5, 0.6) is 0 Å². The molecule has 2 aliphatic rings. The Hall–Kier alpha value is -4.21. The predicted octanol–water partition coefficient (Wildman–Crippen LogP) is 7.37. The fourth-order valence-corrected chi connectivity index (χ4v) is 5.21.